The minimum atomic E-state index is -0.380. The molecule has 1 aliphatic carbocycles. The lowest BCUT2D eigenvalue weighted by molar-refractivity contribution is 0.176. The SMILES string of the molecule is CNCC(O)c1ccccc1C1CCCCCC1. The first-order valence-electron chi connectivity index (χ1n) is 7.24. The van der Waals surface area contributed by atoms with Gasteiger partial charge in [0.15, 0.2) is 0 Å². The molecule has 0 amide bonds. The fourth-order valence-corrected chi connectivity index (χ4v) is 3.08. The lowest BCUT2D eigenvalue weighted by Gasteiger charge is -2.21. The molecule has 2 N–H and O–H groups in total. The summed E-state index contributed by atoms with van der Waals surface area (Å²) in [4.78, 5) is 0. The minimum absolute atomic E-state index is 0.380. The van der Waals surface area contributed by atoms with Gasteiger partial charge in [0.05, 0.1) is 6.10 Å². The van der Waals surface area contributed by atoms with E-state index in [2.05, 4.69) is 23.5 Å². The molecule has 0 aliphatic heterocycles. The average molecular weight is 247 g/mol. The number of likely N-dealkylation sites (N-methyl/N-ethyl adjacent to an activating group) is 1. The quantitative estimate of drug-likeness (QED) is 0.799. The van der Waals surface area contributed by atoms with E-state index in [-0.39, 0.29) is 6.10 Å². The zero-order chi connectivity index (χ0) is 12.8. The second-order valence-corrected chi connectivity index (χ2v) is 5.39. The van der Waals surface area contributed by atoms with Crippen LogP contribution in [-0.2, 0) is 0 Å². The predicted octanol–water partition coefficient (Wildman–Crippen LogP) is 3.38. The molecule has 1 unspecified atom stereocenters. The van der Waals surface area contributed by atoms with Crippen LogP contribution in [0.5, 0.6) is 0 Å². The highest BCUT2D eigenvalue weighted by atomic mass is 16.3. The van der Waals surface area contributed by atoms with E-state index in [1.165, 1.54) is 44.1 Å². The zero-order valence-corrected chi connectivity index (χ0v) is 11.4. The molecule has 2 heteroatoms. The summed E-state index contributed by atoms with van der Waals surface area (Å²) in [6.07, 6.45) is 7.60. The lowest BCUT2D eigenvalue weighted by atomic mass is 9.86. The van der Waals surface area contributed by atoms with Crippen molar-refractivity contribution in [2.24, 2.45) is 0 Å². The van der Waals surface area contributed by atoms with Crippen LogP contribution in [0.15, 0.2) is 24.3 Å². The monoisotopic (exact) mass is 247 g/mol. The summed E-state index contributed by atoms with van der Waals surface area (Å²) in [6, 6.07) is 8.44. The van der Waals surface area contributed by atoms with Crippen LogP contribution >= 0.6 is 0 Å². The summed E-state index contributed by atoms with van der Waals surface area (Å²) < 4.78 is 0. The van der Waals surface area contributed by atoms with Crippen molar-refractivity contribution in [3.8, 4) is 0 Å². The van der Waals surface area contributed by atoms with Gasteiger partial charge in [0.25, 0.3) is 0 Å². The average Bonchev–Trinajstić information content (AvgIpc) is 2.68. The number of hydrogen-bond acceptors (Lipinski definition) is 2. The molecule has 0 spiro atoms. The van der Waals surface area contributed by atoms with Crippen molar-refractivity contribution in [3.63, 3.8) is 0 Å². The third-order valence-electron chi connectivity index (χ3n) is 4.05. The standard InChI is InChI=1S/C16H25NO/c1-17-12-16(18)15-11-7-6-10-14(15)13-8-4-2-3-5-9-13/h6-7,10-11,13,16-18H,2-5,8-9,12H2,1H3. The van der Waals surface area contributed by atoms with E-state index in [9.17, 15) is 5.11 Å². The van der Waals surface area contributed by atoms with Crippen LogP contribution in [0.4, 0.5) is 0 Å². The van der Waals surface area contributed by atoms with Crippen LogP contribution < -0.4 is 5.32 Å². The minimum Gasteiger partial charge on any atom is -0.387 e. The van der Waals surface area contributed by atoms with Crippen molar-refractivity contribution in [2.45, 2.75) is 50.5 Å². The van der Waals surface area contributed by atoms with Gasteiger partial charge in [-0.1, -0.05) is 49.9 Å². The van der Waals surface area contributed by atoms with Gasteiger partial charge in [0.2, 0.25) is 0 Å². The molecule has 18 heavy (non-hydrogen) atoms. The smallest absolute Gasteiger partial charge is 0.0917 e. The molecule has 0 saturated heterocycles. The van der Waals surface area contributed by atoms with Crippen molar-refractivity contribution in [2.75, 3.05) is 13.6 Å². The van der Waals surface area contributed by atoms with Crippen LogP contribution in [0.2, 0.25) is 0 Å². The molecule has 0 bridgehead atoms. The molecule has 0 aromatic heterocycles. The summed E-state index contributed by atoms with van der Waals surface area (Å²) in [5.74, 6) is 0.648. The van der Waals surface area contributed by atoms with E-state index in [0.29, 0.717) is 12.5 Å². The van der Waals surface area contributed by atoms with E-state index in [4.69, 9.17) is 0 Å². The Labute approximate surface area is 110 Å². The molecular weight excluding hydrogens is 222 g/mol. The highest BCUT2D eigenvalue weighted by Gasteiger charge is 2.19. The van der Waals surface area contributed by atoms with E-state index in [0.717, 1.165) is 5.56 Å². The Bertz CT molecular complexity index is 356. The van der Waals surface area contributed by atoms with Crippen LogP contribution in [0, 0.1) is 0 Å². The lowest BCUT2D eigenvalue weighted by Crippen LogP contribution is -2.18. The third kappa shape index (κ3) is 3.33. The molecule has 1 fully saturated rings. The second-order valence-electron chi connectivity index (χ2n) is 5.39. The molecule has 1 aromatic rings. The largest absolute Gasteiger partial charge is 0.387 e. The first kappa shape index (κ1) is 13.6. The highest BCUT2D eigenvalue weighted by Crippen LogP contribution is 2.35. The van der Waals surface area contributed by atoms with Gasteiger partial charge >= 0.3 is 0 Å². The Morgan fingerprint density at radius 1 is 1.17 bits per heavy atom. The summed E-state index contributed by atoms with van der Waals surface area (Å²) in [7, 11) is 1.89. The van der Waals surface area contributed by atoms with Gasteiger partial charge in [-0.25, -0.2) is 0 Å². The molecule has 100 valence electrons. The topological polar surface area (TPSA) is 32.3 Å². The first-order valence-corrected chi connectivity index (χ1v) is 7.24. The van der Waals surface area contributed by atoms with Gasteiger partial charge in [0.1, 0.15) is 0 Å². The Balaban J connectivity index is 2.19. The maximum absolute atomic E-state index is 10.2. The maximum atomic E-state index is 10.2. The summed E-state index contributed by atoms with van der Waals surface area (Å²) >= 11 is 0. The van der Waals surface area contributed by atoms with Crippen LogP contribution in [-0.4, -0.2) is 18.7 Å². The molecule has 2 rings (SSSR count). The van der Waals surface area contributed by atoms with Gasteiger partial charge in [-0.3, -0.25) is 0 Å². The Morgan fingerprint density at radius 2 is 1.83 bits per heavy atom. The molecule has 0 radical (unpaired) electrons. The normalized spacial score (nSPS) is 19.4. The molecule has 1 saturated carbocycles. The van der Waals surface area contributed by atoms with E-state index in [1.807, 2.05) is 13.1 Å². The highest BCUT2D eigenvalue weighted by molar-refractivity contribution is 5.32. The van der Waals surface area contributed by atoms with Gasteiger partial charge in [-0.15, -0.1) is 0 Å². The van der Waals surface area contributed by atoms with E-state index in [1.54, 1.807) is 0 Å². The van der Waals surface area contributed by atoms with Gasteiger partial charge in [-0.05, 0) is 36.9 Å². The summed E-state index contributed by atoms with van der Waals surface area (Å²) in [5.41, 5.74) is 2.50. The van der Waals surface area contributed by atoms with Crippen LogP contribution in [0.3, 0.4) is 0 Å². The number of rotatable bonds is 4. The molecule has 1 aliphatic rings. The summed E-state index contributed by atoms with van der Waals surface area (Å²) in [5, 5.41) is 13.3. The zero-order valence-electron chi connectivity index (χ0n) is 11.4. The fraction of sp³-hybridized carbons (Fsp3) is 0.625. The van der Waals surface area contributed by atoms with Crippen LogP contribution in [0.1, 0.15) is 61.7 Å². The van der Waals surface area contributed by atoms with Gasteiger partial charge < -0.3 is 10.4 Å². The fourth-order valence-electron chi connectivity index (χ4n) is 3.08. The van der Waals surface area contributed by atoms with Crippen molar-refractivity contribution < 1.29 is 5.11 Å². The third-order valence-corrected chi connectivity index (χ3v) is 4.05. The second kappa shape index (κ2) is 6.91. The van der Waals surface area contributed by atoms with Crippen LogP contribution in [0.25, 0.3) is 0 Å². The van der Waals surface area contributed by atoms with Gasteiger partial charge in [-0.2, -0.15) is 0 Å². The first-order chi connectivity index (χ1) is 8.83. The molecule has 1 aromatic carbocycles. The number of hydrogen-bond donors (Lipinski definition) is 2. The summed E-state index contributed by atoms with van der Waals surface area (Å²) in [6.45, 7) is 0.629. The number of nitrogens with one attached hydrogen (secondary N) is 1. The number of aliphatic hydroxyl groups is 1. The van der Waals surface area contributed by atoms with E-state index >= 15 is 0 Å². The Hall–Kier alpha value is -0.860. The number of benzene rings is 1. The number of aliphatic hydroxyl groups excluding tert-OH is 1. The van der Waals surface area contributed by atoms with Crippen molar-refractivity contribution in [3.05, 3.63) is 35.4 Å². The van der Waals surface area contributed by atoms with E-state index < -0.39 is 0 Å². The van der Waals surface area contributed by atoms with Crippen molar-refractivity contribution in [1.82, 2.24) is 5.32 Å². The molecule has 1 atom stereocenters. The predicted molar refractivity (Wildman–Crippen MR) is 75.8 cm³/mol. The molecule has 0 heterocycles. The Kier molecular flexibility index (Phi) is 5.21. The molecule has 2 nitrogen and oxygen atoms in total. The Morgan fingerprint density at radius 3 is 2.50 bits per heavy atom. The van der Waals surface area contributed by atoms with Gasteiger partial charge in [0, 0.05) is 6.54 Å². The maximum Gasteiger partial charge on any atom is 0.0917 e. The molecular formula is C16H25NO. The van der Waals surface area contributed by atoms with Crippen molar-refractivity contribution >= 4 is 0 Å². The van der Waals surface area contributed by atoms with Crippen molar-refractivity contribution in [1.29, 1.82) is 0 Å².